The van der Waals surface area contributed by atoms with Gasteiger partial charge in [0.2, 0.25) is 0 Å². The van der Waals surface area contributed by atoms with Gasteiger partial charge in [0.1, 0.15) is 0 Å². The molecule has 0 saturated heterocycles. The molecule has 1 aliphatic rings. The van der Waals surface area contributed by atoms with Crippen molar-refractivity contribution >= 4 is 11.3 Å². The number of thiazole rings is 1. The van der Waals surface area contributed by atoms with Crippen LogP contribution in [0, 0.1) is 13.8 Å². The Morgan fingerprint density at radius 3 is 2.95 bits per heavy atom. The van der Waals surface area contributed by atoms with Gasteiger partial charge in [-0.2, -0.15) is 0 Å². The summed E-state index contributed by atoms with van der Waals surface area (Å²) >= 11 is 1.80. The summed E-state index contributed by atoms with van der Waals surface area (Å²) in [4.78, 5) is 7.60. The minimum atomic E-state index is 0.302. The van der Waals surface area contributed by atoms with E-state index >= 15 is 0 Å². The Balaban J connectivity index is 2.01. The highest BCUT2D eigenvalue weighted by Gasteiger charge is 2.19. The van der Waals surface area contributed by atoms with Crippen LogP contribution in [0.4, 0.5) is 0 Å². The van der Waals surface area contributed by atoms with Gasteiger partial charge in [0, 0.05) is 24.2 Å². The Hall–Kier alpha value is -1.39. The van der Waals surface area contributed by atoms with Crippen LogP contribution in [0.3, 0.4) is 0 Å². The molecule has 3 nitrogen and oxygen atoms in total. The number of rotatable bonds is 4. The maximum Gasteiger partial charge on any atom is 0.185 e. The fourth-order valence-electron chi connectivity index (χ4n) is 3.14. The van der Waals surface area contributed by atoms with Gasteiger partial charge >= 0.3 is 0 Å². The highest BCUT2D eigenvalue weighted by atomic mass is 32.1. The summed E-state index contributed by atoms with van der Waals surface area (Å²) < 4.78 is 7.56. The van der Waals surface area contributed by atoms with Crippen LogP contribution in [-0.2, 0) is 17.7 Å². The lowest BCUT2D eigenvalue weighted by molar-refractivity contribution is 0.185. The van der Waals surface area contributed by atoms with Crippen LogP contribution in [0.1, 0.15) is 40.6 Å². The largest absolute Gasteiger partial charge is 0.383 e. The zero-order valence-corrected chi connectivity index (χ0v) is 14.4. The van der Waals surface area contributed by atoms with E-state index in [0.29, 0.717) is 6.04 Å². The minimum absolute atomic E-state index is 0.302. The second-order valence-electron chi connectivity index (χ2n) is 5.91. The maximum absolute atomic E-state index is 5.25. The molecule has 0 radical (unpaired) electrons. The Morgan fingerprint density at radius 2 is 2.14 bits per heavy atom. The van der Waals surface area contributed by atoms with E-state index in [1.807, 2.05) is 0 Å². The molecule has 2 aromatic rings. The molecule has 1 heterocycles. The number of aryl methyl sites for hydroxylation is 2. The fourth-order valence-corrected chi connectivity index (χ4v) is 4.19. The van der Waals surface area contributed by atoms with Crippen molar-refractivity contribution < 1.29 is 4.74 Å². The molecule has 4 heteroatoms. The first kappa shape index (κ1) is 15.5. The summed E-state index contributed by atoms with van der Waals surface area (Å²) in [6.07, 6.45) is 3.57. The molecule has 0 N–H and O–H groups in total. The summed E-state index contributed by atoms with van der Waals surface area (Å²) in [5.74, 6) is 0. The SMILES string of the molecule is COCCn1c(C)c(C)sc1=NC1CCCc2ccccc21. The van der Waals surface area contributed by atoms with Crippen molar-refractivity contribution in [3.8, 4) is 0 Å². The number of ether oxygens (including phenoxy) is 1. The maximum atomic E-state index is 5.25. The van der Waals surface area contributed by atoms with E-state index in [9.17, 15) is 0 Å². The smallest absolute Gasteiger partial charge is 0.185 e. The van der Waals surface area contributed by atoms with Gasteiger partial charge in [-0.25, -0.2) is 0 Å². The third kappa shape index (κ3) is 3.03. The third-order valence-electron chi connectivity index (χ3n) is 4.51. The topological polar surface area (TPSA) is 26.5 Å². The van der Waals surface area contributed by atoms with E-state index in [1.54, 1.807) is 18.4 Å². The monoisotopic (exact) mass is 316 g/mol. The summed E-state index contributed by atoms with van der Waals surface area (Å²) in [7, 11) is 1.75. The molecule has 0 amide bonds. The van der Waals surface area contributed by atoms with Crippen LogP contribution in [0.2, 0.25) is 0 Å². The van der Waals surface area contributed by atoms with Gasteiger partial charge in [0.05, 0.1) is 12.6 Å². The summed E-state index contributed by atoms with van der Waals surface area (Å²) in [6.45, 7) is 5.96. The minimum Gasteiger partial charge on any atom is -0.383 e. The van der Waals surface area contributed by atoms with Crippen molar-refractivity contribution in [2.45, 2.75) is 45.7 Å². The molecule has 1 unspecified atom stereocenters. The number of aromatic nitrogens is 1. The quantitative estimate of drug-likeness (QED) is 0.843. The van der Waals surface area contributed by atoms with Gasteiger partial charge in [-0.05, 0) is 44.2 Å². The Morgan fingerprint density at radius 1 is 1.32 bits per heavy atom. The Kier molecular flexibility index (Phi) is 4.79. The second kappa shape index (κ2) is 6.80. The van der Waals surface area contributed by atoms with Gasteiger partial charge in [0.25, 0.3) is 0 Å². The number of methoxy groups -OCH3 is 1. The lowest BCUT2D eigenvalue weighted by Gasteiger charge is -2.22. The van der Waals surface area contributed by atoms with E-state index in [-0.39, 0.29) is 0 Å². The average molecular weight is 316 g/mol. The predicted octanol–water partition coefficient (Wildman–Crippen LogP) is 3.79. The summed E-state index contributed by atoms with van der Waals surface area (Å²) in [6, 6.07) is 9.07. The molecule has 0 aliphatic heterocycles. The van der Waals surface area contributed by atoms with E-state index in [0.717, 1.165) is 24.4 Å². The predicted molar refractivity (Wildman–Crippen MR) is 91.3 cm³/mol. The first-order valence-electron chi connectivity index (χ1n) is 7.98. The van der Waals surface area contributed by atoms with Crippen molar-refractivity contribution in [1.82, 2.24) is 4.57 Å². The molecule has 3 rings (SSSR count). The molecule has 0 bridgehead atoms. The van der Waals surface area contributed by atoms with Crippen molar-refractivity contribution in [1.29, 1.82) is 0 Å². The summed E-state index contributed by atoms with van der Waals surface area (Å²) in [5.41, 5.74) is 4.19. The zero-order chi connectivity index (χ0) is 15.5. The van der Waals surface area contributed by atoms with Gasteiger partial charge in [-0.1, -0.05) is 24.3 Å². The van der Waals surface area contributed by atoms with E-state index < -0.39 is 0 Å². The van der Waals surface area contributed by atoms with Crippen LogP contribution in [0.25, 0.3) is 0 Å². The molecular formula is C18H24N2OS. The molecule has 1 aliphatic carbocycles. The van der Waals surface area contributed by atoms with Gasteiger partial charge in [-0.3, -0.25) is 4.99 Å². The van der Waals surface area contributed by atoms with Gasteiger partial charge < -0.3 is 9.30 Å². The van der Waals surface area contributed by atoms with E-state index in [1.165, 1.54) is 34.5 Å². The van der Waals surface area contributed by atoms with Crippen molar-refractivity contribution in [3.05, 3.63) is 50.8 Å². The van der Waals surface area contributed by atoms with E-state index in [4.69, 9.17) is 9.73 Å². The third-order valence-corrected chi connectivity index (χ3v) is 5.62. The molecule has 1 atom stereocenters. The number of hydrogen-bond donors (Lipinski definition) is 0. The molecule has 0 spiro atoms. The second-order valence-corrected chi connectivity index (χ2v) is 7.09. The average Bonchev–Trinajstić information content (AvgIpc) is 2.80. The summed E-state index contributed by atoms with van der Waals surface area (Å²) in [5, 5.41) is 0. The molecular weight excluding hydrogens is 292 g/mol. The number of fused-ring (bicyclic) bond motifs is 1. The van der Waals surface area contributed by atoms with Crippen molar-refractivity contribution in [2.24, 2.45) is 4.99 Å². The van der Waals surface area contributed by atoms with Crippen LogP contribution in [0.15, 0.2) is 29.3 Å². The Labute approximate surface area is 136 Å². The molecule has 22 heavy (non-hydrogen) atoms. The van der Waals surface area contributed by atoms with Crippen LogP contribution in [-0.4, -0.2) is 18.3 Å². The van der Waals surface area contributed by atoms with Crippen LogP contribution in [0.5, 0.6) is 0 Å². The van der Waals surface area contributed by atoms with E-state index in [2.05, 4.69) is 42.7 Å². The van der Waals surface area contributed by atoms with Crippen molar-refractivity contribution in [2.75, 3.05) is 13.7 Å². The number of benzene rings is 1. The molecule has 118 valence electrons. The lowest BCUT2D eigenvalue weighted by atomic mass is 9.88. The Bertz CT molecular complexity index is 714. The van der Waals surface area contributed by atoms with Crippen molar-refractivity contribution in [3.63, 3.8) is 0 Å². The molecule has 0 fully saturated rings. The highest BCUT2D eigenvalue weighted by molar-refractivity contribution is 7.09. The molecule has 0 saturated carbocycles. The molecule has 1 aromatic heterocycles. The number of nitrogens with zero attached hydrogens (tertiary/aromatic N) is 2. The first-order valence-corrected chi connectivity index (χ1v) is 8.79. The fraction of sp³-hybridized carbons (Fsp3) is 0.500. The van der Waals surface area contributed by atoms with Gasteiger partial charge in [0.15, 0.2) is 4.80 Å². The zero-order valence-electron chi connectivity index (χ0n) is 13.6. The molecule has 1 aromatic carbocycles. The standard InChI is InChI=1S/C18H24N2OS/c1-13-14(2)22-18(20(13)11-12-21-3)19-17-10-6-8-15-7-4-5-9-16(15)17/h4-5,7,9,17H,6,8,10-12H2,1-3H3. The number of hydrogen-bond acceptors (Lipinski definition) is 3. The highest BCUT2D eigenvalue weighted by Crippen LogP contribution is 2.32. The lowest BCUT2D eigenvalue weighted by Crippen LogP contribution is -2.21. The van der Waals surface area contributed by atoms with Crippen LogP contribution < -0.4 is 4.80 Å². The van der Waals surface area contributed by atoms with Crippen LogP contribution >= 0.6 is 11.3 Å². The normalized spacial score (nSPS) is 18.5. The first-order chi connectivity index (χ1) is 10.7. The van der Waals surface area contributed by atoms with Gasteiger partial charge in [-0.15, -0.1) is 11.3 Å².